The minimum atomic E-state index is -4.53. The van der Waals surface area contributed by atoms with Crippen LogP contribution in [0.1, 0.15) is 40.1 Å². The van der Waals surface area contributed by atoms with E-state index in [1.807, 2.05) is 0 Å². The van der Waals surface area contributed by atoms with E-state index in [1.165, 1.54) is 32.0 Å². The zero-order valence-corrected chi connectivity index (χ0v) is 16.9. The molecule has 0 radical (unpaired) electrons. The van der Waals surface area contributed by atoms with Gasteiger partial charge in [-0.15, -0.1) is 0 Å². The SMILES string of the molecule is CC(=O)c1cc(C(C)=O)cc(S(=O)(=O)N(C)S(=O)(=O)c2ccc(C)cc2)c1. The van der Waals surface area contributed by atoms with Crippen LogP contribution >= 0.6 is 0 Å². The molecule has 0 aliphatic heterocycles. The quantitative estimate of drug-likeness (QED) is 0.679. The first kappa shape index (κ1) is 20.9. The minimum Gasteiger partial charge on any atom is -0.295 e. The predicted octanol–water partition coefficient (Wildman–Crippen LogP) is 2.41. The molecule has 0 aromatic heterocycles. The van der Waals surface area contributed by atoms with Gasteiger partial charge in [-0.3, -0.25) is 9.59 Å². The van der Waals surface area contributed by atoms with Crippen molar-refractivity contribution < 1.29 is 26.4 Å². The van der Waals surface area contributed by atoms with Crippen molar-refractivity contribution in [3.8, 4) is 0 Å². The van der Waals surface area contributed by atoms with Gasteiger partial charge in [0.2, 0.25) is 0 Å². The van der Waals surface area contributed by atoms with Gasteiger partial charge in [-0.05, 0) is 51.1 Å². The maximum Gasteiger partial charge on any atom is 0.256 e. The van der Waals surface area contributed by atoms with E-state index in [-0.39, 0.29) is 19.7 Å². The van der Waals surface area contributed by atoms with E-state index in [9.17, 15) is 26.4 Å². The highest BCUT2D eigenvalue weighted by Crippen LogP contribution is 2.25. The number of hydrogen-bond acceptors (Lipinski definition) is 6. The average Bonchev–Trinajstić information content (AvgIpc) is 2.60. The van der Waals surface area contributed by atoms with Crippen LogP contribution in [0.5, 0.6) is 0 Å². The van der Waals surface area contributed by atoms with Crippen LogP contribution in [0.25, 0.3) is 0 Å². The summed E-state index contributed by atoms with van der Waals surface area (Å²) in [6, 6.07) is 9.12. The van der Waals surface area contributed by atoms with Crippen LogP contribution in [0.3, 0.4) is 0 Å². The fourth-order valence-corrected chi connectivity index (χ4v) is 5.47. The Morgan fingerprint density at radius 2 is 1.15 bits per heavy atom. The summed E-state index contributed by atoms with van der Waals surface area (Å²) in [4.78, 5) is 22.7. The smallest absolute Gasteiger partial charge is 0.256 e. The highest BCUT2D eigenvalue weighted by atomic mass is 32.3. The molecule has 7 nitrogen and oxygen atoms in total. The lowest BCUT2D eigenvalue weighted by Crippen LogP contribution is -2.33. The molecule has 2 rings (SSSR count). The fraction of sp³-hybridized carbons (Fsp3) is 0.222. The molecule has 0 N–H and O–H groups in total. The summed E-state index contributed by atoms with van der Waals surface area (Å²) in [5.74, 6) is -0.891. The summed E-state index contributed by atoms with van der Waals surface area (Å²) < 4.78 is 51.5. The third-order valence-corrected chi connectivity index (χ3v) is 8.24. The first-order valence-corrected chi connectivity index (χ1v) is 10.7. The number of carbonyl (C=O) groups is 2. The Balaban J connectivity index is 2.62. The van der Waals surface area contributed by atoms with Crippen molar-refractivity contribution in [3.63, 3.8) is 0 Å². The van der Waals surface area contributed by atoms with E-state index in [0.29, 0.717) is 0 Å². The molecule has 0 amide bonds. The second-order valence-electron chi connectivity index (χ2n) is 6.06. The normalized spacial score (nSPS) is 12.2. The van der Waals surface area contributed by atoms with Crippen molar-refractivity contribution in [2.24, 2.45) is 0 Å². The second-order valence-corrected chi connectivity index (χ2v) is 10.2. The molecule has 0 saturated carbocycles. The van der Waals surface area contributed by atoms with Crippen molar-refractivity contribution in [2.45, 2.75) is 30.6 Å². The van der Waals surface area contributed by atoms with Crippen LogP contribution in [0.4, 0.5) is 0 Å². The van der Waals surface area contributed by atoms with Gasteiger partial charge in [0.05, 0.1) is 9.79 Å². The molecule has 9 heteroatoms. The van der Waals surface area contributed by atoms with E-state index >= 15 is 0 Å². The molecular formula is C18H19NO6S2. The number of benzene rings is 2. The molecule has 2 aromatic rings. The van der Waals surface area contributed by atoms with Gasteiger partial charge in [-0.1, -0.05) is 21.4 Å². The van der Waals surface area contributed by atoms with Crippen LogP contribution in [0, 0.1) is 6.92 Å². The number of hydrogen-bond donors (Lipinski definition) is 0. The zero-order chi connectivity index (χ0) is 20.6. The topological polar surface area (TPSA) is 106 Å². The van der Waals surface area contributed by atoms with Crippen molar-refractivity contribution in [3.05, 3.63) is 59.2 Å². The van der Waals surface area contributed by atoms with Gasteiger partial charge in [0.1, 0.15) is 0 Å². The summed E-state index contributed by atoms with van der Waals surface area (Å²) in [7, 11) is -7.96. The lowest BCUT2D eigenvalue weighted by molar-refractivity contribution is 0.101. The summed E-state index contributed by atoms with van der Waals surface area (Å²) in [6.07, 6.45) is 0. The molecule has 0 bridgehead atoms. The Hall–Kier alpha value is -2.36. The zero-order valence-electron chi connectivity index (χ0n) is 15.3. The molecule has 2 aromatic carbocycles. The third-order valence-electron chi connectivity index (χ3n) is 4.01. The predicted molar refractivity (Wildman–Crippen MR) is 99.8 cm³/mol. The standard InChI is InChI=1S/C18H19NO6S2/c1-12-5-7-17(8-6-12)26(22,23)19(4)27(24,25)18-10-15(13(2)20)9-16(11-18)14(3)21/h5-11H,1-4H3. The Morgan fingerprint density at radius 1 is 0.741 bits per heavy atom. The number of ketones is 2. The number of nitrogens with zero attached hydrogens (tertiary/aromatic N) is 1. The summed E-state index contributed by atoms with van der Waals surface area (Å²) in [5, 5.41) is 0. The lowest BCUT2D eigenvalue weighted by atomic mass is 10.1. The number of carbonyl (C=O) groups excluding carboxylic acids is 2. The molecule has 0 atom stereocenters. The number of aryl methyl sites for hydroxylation is 1. The van der Waals surface area contributed by atoms with Gasteiger partial charge in [-0.2, -0.15) is 0 Å². The maximum atomic E-state index is 12.9. The van der Waals surface area contributed by atoms with E-state index in [4.69, 9.17) is 0 Å². The van der Waals surface area contributed by atoms with Gasteiger partial charge in [0, 0.05) is 18.2 Å². The Labute approximate surface area is 158 Å². The van der Waals surface area contributed by atoms with E-state index in [2.05, 4.69) is 0 Å². The van der Waals surface area contributed by atoms with Crippen LogP contribution in [0.2, 0.25) is 0 Å². The number of sulfonamides is 2. The van der Waals surface area contributed by atoms with Gasteiger partial charge >= 0.3 is 0 Å². The molecule has 0 aliphatic rings. The molecule has 0 heterocycles. The van der Waals surface area contributed by atoms with Crippen LogP contribution in [-0.4, -0.2) is 39.2 Å². The van der Waals surface area contributed by atoms with Crippen LogP contribution in [0.15, 0.2) is 52.3 Å². The maximum absolute atomic E-state index is 12.9. The molecule has 27 heavy (non-hydrogen) atoms. The van der Waals surface area contributed by atoms with Crippen molar-refractivity contribution in [2.75, 3.05) is 7.05 Å². The molecule has 0 aliphatic carbocycles. The lowest BCUT2D eigenvalue weighted by Gasteiger charge is -2.18. The largest absolute Gasteiger partial charge is 0.295 e. The van der Waals surface area contributed by atoms with Crippen molar-refractivity contribution >= 4 is 31.6 Å². The minimum absolute atomic E-state index is 0.00223. The van der Waals surface area contributed by atoms with Gasteiger partial charge in [0.15, 0.2) is 11.6 Å². The van der Waals surface area contributed by atoms with Crippen LogP contribution in [-0.2, 0) is 20.0 Å². The van der Waals surface area contributed by atoms with E-state index in [1.54, 1.807) is 19.1 Å². The van der Waals surface area contributed by atoms with Gasteiger partial charge in [-0.25, -0.2) is 16.8 Å². The highest BCUT2D eigenvalue weighted by Gasteiger charge is 2.33. The van der Waals surface area contributed by atoms with Crippen molar-refractivity contribution in [1.82, 2.24) is 3.71 Å². The molecule has 0 saturated heterocycles. The molecule has 144 valence electrons. The number of Topliss-reactive ketones (excluding diaryl/α,β-unsaturated/α-hetero) is 2. The second kappa shape index (κ2) is 7.34. The molecule has 0 spiro atoms. The third kappa shape index (κ3) is 4.15. The Kier molecular flexibility index (Phi) is 5.69. The van der Waals surface area contributed by atoms with E-state index in [0.717, 1.165) is 24.7 Å². The van der Waals surface area contributed by atoms with Crippen LogP contribution < -0.4 is 0 Å². The highest BCUT2D eigenvalue weighted by molar-refractivity contribution is 8.04. The average molecular weight is 409 g/mol. The summed E-state index contributed by atoms with van der Waals surface area (Å²) in [5.41, 5.74) is 0.824. The van der Waals surface area contributed by atoms with Gasteiger partial charge in [0.25, 0.3) is 20.0 Å². The molecule has 0 fully saturated rings. The molecule has 0 unspecified atom stereocenters. The summed E-state index contributed by atoms with van der Waals surface area (Å²) >= 11 is 0. The van der Waals surface area contributed by atoms with E-state index < -0.39 is 36.5 Å². The first-order valence-electron chi connectivity index (χ1n) is 7.85. The van der Waals surface area contributed by atoms with Crippen molar-refractivity contribution in [1.29, 1.82) is 0 Å². The first-order chi connectivity index (χ1) is 12.4. The fourth-order valence-electron chi connectivity index (χ4n) is 2.29. The Morgan fingerprint density at radius 3 is 1.56 bits per heavy atom. The number of rotatable bonds is 6. The molecular weight excluding hydrogens is 390 g/mol. The Bertz CT molecular complexity index is 1080. The monoisotopic (exact) mass is 409 g/mol. The van der Waals surface area contributed by atoms with Gasteiger partial charge < -0.3 is 0 Å². The summed E-state index contributed by atoms with van der Waals surface area (Å²) in [6.45, 7) is 4.22.